The second-order valence-electron chi connectivity index (χ2n) is 19.2. The van der Waals surface area contributed by atoms with Crippen molar-refractivity contribution in [3.05, 3.63) is 36.5 Å². The maximum Gasteiger partial charge on any atom is 0.306 e. The summed E-state index contributed by atoms with van der Waals surface area (Å²) in [4.78, 5) is 38.1. The zero-order chi connectivity index (χ0) is 47.2. The van der Waals surface area contributed by atoms with E-state index in [0.29, 0.717) is 19.3 Å². The van der Waals surface area contributed by atoms with Crippen molar-refractivity contribution in [1.29, 1.82) is 0 Å². The van der Waals surface area contributed by atoms with Crippen LogP contribution >= 0.6 is 0 Å². The van der Waals surface area contributed by atoms with Crippen LogP contribution in [0.2, 0.25) is 0 Å². The lowest BCUT2D eigenvalue weighted by Gasteiger charge is -2.18. The maximum absolute atomic E-state index is 12.8. The van der Waals surface area contributed by atoms with Gasteiger partial charge in [-0.15, -0.1) is 0 Å². The Kier molecular flexibility index (Phi) is 52.3. The van der Waals surface area contributed by atoms with Gasteiger partial charge in [0.1, 0.15) is 13.2 Å². The summed E-state index contributed by atoms with van der Waals surface area (Å²) >= 11 is 0. The van der Waals surface area contributed by atoms with E-state index >= 15 is 0 Å². The molecular weight excluding hydrogens is 805 g/mol. The summed E-state index contributed by atoms with van der Waals surface area (Å²) in [6.07, 6.45) is 64.2. The third-order valence-corrected chi connectivity index (χ3v) is 12.6. The van der Waals surface area contributed by atoms with E-state index in [0.717, 1.165) is 83.5 Å². The molecule has 0 amide bonds. The van der Waals surface area contributed by atoms with E-state index in [9.17, 15) is 14.4 Å². The van der Waals surface area contributed by atoms with Crippen LogP contribution in [-0.2, 0) is 28.6 Å². The highest BCUT2D eigenvalue weighted by molar-refractivity contribution is 5.71. The first-order chi connectivity index (χ1) is 32.0. The van der Waals surface area contributed by atoms with Gasteiger partial charge in [0.2, 0.25) is 0 Å². The van der Waals surface area contributed by atoms with Gasteiger partial charge < -0.3 is 14.2 Å². The Morgan fingerprint density at radius 2 is 0.569 bits per heavy atom. The van der Waals surface area contributed by atoms with Crippen LogP contribution in [0.25, 0.3) is 0 Å². The molecule has 6 heteroatoms. The van der Waals surface area contributed by atoms with E-state index in [-0.39, 0.29) is 31.1 Å². The Labute approximate surface area is 404 Å². The molecule has 0 bridgehead atoms. The third kappa shape index (κ3) is 52.5. The van der Waals surface area contributed by atoms with Crippen LogP contribution in [0.4, 0.5) is 0 Å². The molecule has 380 valence electrons. The predicted molar refractivity (Wildman–Crippen MR) is 279 cm³/mol. The number of carbonyl (C=O) groups is 3. The largest absolute Gasteiger partial charge is 0.462 e. The lowest BCUT2D eigenvalue weighted by molar-refractivity contribution is -0.167. The molecule has 0 radical (unpaired) electrons. The molecule has 0 saturated heterocycles. The van der Waals surface area contributed by atoms with Gasteiger partial charge in [-0.1, -0.05) is 250 Å². The number of unbranched alkanes of at least 4 members (excludes halogenated alkanes) is 35. The Morgan fingerprint density at radius 1 is 0.308 bits per heavy atom. The molecule has 0 heterocycles. The normalized spacial score (nSPS) is 12.2. The molecule has 1 unspecified atom stereocenters. The molecule has 0 aliphatic carbocycles. The fraction of sp³-hybridized carbons (Fsp3) is 0.847. The van der Waals surface area contributed by atoms with Crippen molar-refractivity contribution in [3.63, 3.8) is 0 Å². The quantitative estimate of drug-likeness (QED) is 0.0262. The van der Waals surface area contributed by atoms with Gasteiger partial charge in [0.25, 0.3) is 0 Å². The van der Waals surface area contributed by atoms with Crippen LogP contribution in [-0.4, -0.2) is 37.2 Å². The van der Waals surface area contributed by atoms with Crippen LogP contribution in [0, 0.1) is 0 Å². The molecule has 0 rings (SSSR count). The number of hydrogen-bond acceptors (Lipinski definition) is 6. The van der Waals surface area contributed by atoms with Crippen molar-refractivity contribution in [1.82, 2.24) is 0 Å². The zero-order valence-corrected chi connectivity index (χ0v) is 43.5. The SMILES string of the molecule is CCCC/C=C\C/C=C\CCCCCCCC(=O)OC(COC(=O)CCCCCCCCCCC/C=C\CCCCCCCCCC)COC(=O)CCCCCCCCCCCCCC. The summed E-state index contributed by atoms with van der Waals surface area (Å²) in [7, 11) is 0. The summed E-state index contributed by atoms with van der Waals surface area (Å²) in [6, 6.07) is 0. The molecule has 6 nitrogen and oxygen atoms in total. The van der Waals surface area contributed by atoms with Crippen LogP contribution in [0.15, 0.2) is 36.5 Å². The molecule has 0 aromatic heterocycles. The first kappa shape index (κ1) is 62.6. The Morgan fingerprint density at radius 3 is 0.908 bits per heavy atom. The molecule has 1 atom stereocenters. The van der Waals surface area contributed by atoms with E-state index in [1.165, 1.54) is 180 Å². The predicted octanol–water partition coefficient (Wildman–Crippen LogP) is 18.9. The van der Waals surface area contributed by atoms with Gasteiger partial charge in [0.05, 0.1) is 0 Å². The minimum atomic E-state index is -0.776. The van der Waals surface area contributed by atoms with Gasteiger partial charge in [-0.25, -0.2) is 0 Å². The van der Waals surface area contributed by atoms with Crippen LogP contribution < -0.4 is 0 Å². The second-order valence-corrected chi connectivity index (χ2v) is 19.2. The molecule has 0 fully saturated rings. The summed E-state index contributed by atoms with van der Waals surface area (Å²) in [5.74, 6) is -0.877. The molecule has 0 saturated carbocycles. The first-order valence-corrected chi connectivity index (χ1v) is 28.5. The monoisotopic (exact) mass is 913 g/mol. The topological polar surface area (TPSA) is 78.9 Å². The minimum Gasteiger partial charge on any atom is -0.462 e. The Hall–Kier alpha value is -2.37. The van der Waals surface area contributed by atoms with Crippen molar-refractivity contribution in [2.45, 2.75) is 309 Å². The molecule has 0 aromatic carbocycles. The van der Waals surface area contributed by atoms with E-state index in [1.54, 1.807) is 0 Å². The van der Waals surface area contributed by atoms with Crippen LogP contribution in [0.5, 0.6) is 0 Å². The number of ether oxygens (including phenoxy) is 3. The fourth-order valence-corrected chi connectivity index (χ4v) is 8.28. The lowest BCUT2D eigenvalue weighted by Crippen LogP contribution is -2.30. The number of hydrogen-bond donors (Lipinski definition) is 0. The smallest absolute Gasteiger partial charge is 0.306 e. The standard InChI is InChI=1S/C59H108O6/c1-4-7-10-13-16-19-22-25-27-28-29-30-31-32-33-35-37-40-43-46-49-52-58(61)64-55-56(54-63-57(60)51-48-45-42-39-36-24-21-18-15-12-9-6-3)65-59(62)53-50-47-44-41-38-34-26-23-20-17-14-11-8-5-2/h14,17,23,26,28-29,56H,4-13,15-16,18-22,24-25,27,30-55H2,1-3H3/b17-14-,26-23-,29-28-. The molecule has 0 aliphatic rings. The molecule has 65 heavy (non-hydrogen) atoms. The number of allylic oxidation sites excluding steroid dienone is 6. The molecular formula is C59H108O6. The van der Waals surface area contributed by atoms with Gasteiger partial charge in [-0.2, -0.15) is 0 Å². The van der Waals surface area contributed by atoms with E-state index in [4.69, 9.17) is 14.2 Å². The average Bonchev–Trinajstić information content (AvgIpc) is 3.30. The molecule has 0 aromatic rings. The highest BCUT2D eigenvalue weighted by atomic mass is 16.6. The van der Waals surface area contributed by atoms with E-state index < -0.39 is 6.10 Å². The minimum absolute atomic E-state index is 0.0752. The number of esters is 3. The zero-order valence-electron chi connectivity index (χ0n) is 43.5. The molecule has 0 aliphatic heterocycles. The first-order valence-electron chi connectivity index (χ1n) is 28.5. The van der Waals surface area contributed by atoms with Gasteiger partial charge in [-0.3, -0.25) is 14.4 Å². The summed E-state index contributed by atoms with van der Waals surface area (Å²) < 4.78 is 16.8. The van der Waals surface area contributed by atoms with Gasteiger partial charge in [-0.05, 0) is 70.6 Å². The molecule has 0 spiro atoms. The summed E-state index contributed by atoms with van der Waals surface area (Å²) in [5.41, 5.74) is 0. The third-order valence-electron chi connectivity index (χ3n) is 12.6. The molecule has 0 N–H and O–H groups in total. The highest BCUT2D eigenvalue weighted by Crippen LogP contribution is 2.16. The van der Waals surface area contributed by atoms with Crippen molar-refractivity contribution < 1.29 is 28.6 Å². The van der Waals surface area contributed by atoms with Crippen molar-refractivity contribution in [2.75, 3.05) is 13.2 Å². The fourth-order valence-electron chi connectivity index (χ4n) is 8.28. The second kappa shape index (κ2) is 54.2. The number of rotatable bonds is 52. The van der Waals surface area contributed by atoms with Crippen molar-refractivity contribution in [3.8, 4) is 0 Å². The lowest BCUT2D eigenvalue weighted by atomic mass is 10.0. The van der Waals surface area contributed by atoms with Gasteiger partial charge in [0, 0.05) is 19.3 Å². The Balaban J connectivity index is 4.29. The number of carbonyl (C=O) groups excluding carboxylic acids is 3. The van der Waals surface area contributed by atoms with Crippen LogP contribution in [0.1, 0.15) is 303 Å². The van der Waals surface area contributed by atoms with Crippen molar-refractivity contribution >= 4 is 17.9 Å². The van der Waals surface area contributed by atoms with E-state index in [2.05, 4.69) is 57.2 Å². The van der Waals surface area contributed by atoms with Gasteiger partial charge in [0.15, 0.2) is 6.10 Å². The maximum atomic E-state index is 12.8. The Bertz CT molecular complexity index is 1090. The highest BCUT2D eigenvalue weighted by Gasteiger charge is 2.19. The van der Waals surface area contributed by atoms with Crippen LogP contribution in [0.3, 0.4) is 0 Å². The van der Waals surface area contributed by atoms with Gasteiger partial charge >= 0.3 is 17.9 Å². The summed E-state index contributed by atoms with van der Waals surface area (Å²) in [6.45, 7) is 6.61. The van der Waals surface area contributed by atoms with E-state index in [1.807, 2.05) is 0 Å². The summed E-state index contributed by atoms with van der Waals surface area (Å²) in [5, 5.41) is 0. The van der Waals surface area contributed by atoms with Crippen molar-refractivity contribution in [2.24, 2.45) is 0 Å². The average molecular weight is 914 g/mol.